The molecule has 0 aliphatic carbocycles. The zero-order chi connectivity index (χ0) is 13.7. The maximum absolute atomic E-state index is 11.8. The van der Waals surface area contributed by atoms with Crippen LogP contribution in [-0.4, -0.2) is 33.4 Å². The second kappa shape index (κ2) is 6.10. The minimum atomic E-state index is -0.268. The maximum Gasteiger partial charge on any atom is 0.274 e. The highest BCUT2D eigenvalue weighted by molar-refractivity contribution is 5.26. The van der Waals surface area contributed by atoms with Crippen LogP contribution in [0.1, 0.15) is 16.8 Å². The molecule has 100 valence electrons. The van der Waals surface area contributed by atoms with E-state index in [4.69, 9.17) is 5.11 Å². The van der Waals surface area contributed by atoms with Gasteiger partial charge in [0.25, 0.3) is 5.56 Å². The number of aromatic nitrogens is 3. The van der Waals surface area contributed by atoms with Crippen molar-refractivity contribution in [3.63, 3.8) is 0 Å². The normalized spacial score (nSPS) is 10.4. The lowest BCUT2D eigenvalue weighted by atomic mass is 10.1. The lowest BCUT2D eigenvalue weighted by Crippen LogP contribution is -2.20. The summed E-state index contributed by atoms with van der Waals surface area (Å²) in [5.41, 5.74) is 2.29. The summed E-state index contributed by atoms with van der Waals surface area (Å²) in [6, 6.07) is 7.92. The number of benzene rings is 1. The number of anilines is 1. The number of nitrogens with one attached hydrogen (secondary N) is 2. The predicted molar refractivity (Wildman–Crippen MR) is 72.2 cm³/mol. The van der Waals surface area contributed by atoms with E-state index in [1.165, 1.54) is 5.56 Å². The third-order valence-electron chi connectivity index (χ3n) is 2.66. The number of hydrogen-bond acceptors (Lipinski definition) is 5. The Bertz CT molecular complexity index is 592. The maximum atomic E-state index is 11.8. The van der Waals surface area contributed by atoms with Gasteiger partial charge in [-0.2, -0.15) is 0 Å². The van der Waals surface area contributed by atoms with Crippen molar-refractivity contribution in [3.8, 4) is 0 Å². The monoisotopic (exact) mass is 260 g/mol. The molecule has 2 aromatic rings. The van der Waals surface area contributed by atoms with E-state index in [2.05, 4.69) is 20.5 Å². The van der Waals surface area contributed by atoms with Gasteiger partial charge in [-0.1, -0.05) is 29.8 Å². The van der Waals surface area contributed by atoms with Gasteiger partial charge in [-0.25, -0.2) is 0 Å². The van der Waals surface area contributed by atoms with Crippen molar-refractivity contribution in [1.82, 2.24) is 15.2 Å². The minimum Gasteiger partial charge on any atom is -0.395 e. The summed E-state index contributed by atoms with van der Waals surface area (Å²) in [6.45, 7) is 2.30. The molecule has 6 heteroatoms. The van der Waals surface area contributed by atoms with Gasteiger partial charge < -0.3 is 10.4 Å². The number of hydrogen-bond donors (Lipinski definition) is 3. The molecule has 0 spiro atoms. The molecule has 0 amide bonds. The number of aliphatic hydroxyl groups excluding tert-OH is 1. The van der Waals surface area contributed by atoms with Crippen LogP contribution >= 0.6 is 0 Å². The molecule has 2 rings (SSSR count). The van der Waals surface area contributed by atoms with Gasteiger partial charge in [-0.3, -0.25) is 9.78 Å². The Morgan fingerprint density at radius 2 is 2.00 bits per heavy atom. The molecule has 1 heterocycles. The molecule has 0 aliphatic rings. The van der Waals surface area contributed by atoms with E-state index in [0.717, 1.165) is 5.56 Å². The summed E-state index contributed by atoms with van der Waals surface area (Å²) >= 11 is 0. The number of aryl methyl sites for hydroxylation is 1. The Labute approximate surface area is 110 Å². The van der Waals surface area contributed by atoms with Crippen LogP contribution < -0.4 is 10.9 Å². The fraction of sp³-hybridized carbons (Fsp3) is 0.308. The summed E-state index contributed by atoms with van der Waals surface area (Å²) in [4.78, 5) is 14.4. The molecule has 1 aromatic carbocycles. The van der Waals surface area contributed by atoms with Gasteiger partial charge in [0, 0.05) is 13.0 Å². The lowest BCUT2D eigenvalue weighted by Gasteiger charge is -2.04. The molecule has 0 aliphatic heterocycles. The largest absolute Gasteiger partial charge is 0.395 e. The quantitative estimate of drug-likeness (QED) is 0.727. The van der Waals surface area contributed by atoms with Gasteiger partial charge in [-0.15, -0.1) is 10.2 Å². The van der Waals surface area contributed by atoms with Crippen LogP contribution in [-0.2, 0) is 6.42 Å². The van der Waals surface area contributed by atoms with Crippen LogP contribution in [0, 0.1) is 6.92 Å². The molecule has 0 bridgehead atoms. The van der Waals surface area contributed by atoms with Crippen LogP contribution in [0.4, 0.5) is 5.95 Å². The first-order chi connectivity index (χ1) is 9.19. The van der Waals surface area contributed by atoms with Crippen LogP contribution in [0.15, 0.2) is 29.1 Å². The average molecular weight is 260 g/mol. The van der Waals surface area contributed by atoms with Crippen molar-refractivity contribution in [2.24, 2.45) is 0 Å². The summed E-state index contributed by atoms with van der Waals surface area (Å²) in [5, 5.41) is 19.2. The van der Waals surface area contributed by atoms with Crippen LogP contribution in [0.3, 0.4) is 0 Å². The molecule has 6 nitrogen and oxygen atoms in total. The zero-order valence-corrected chi connectivity index (χ0v) is 10.7. The molecular formula is C13H16N4O2. The van der Waals surface area contributed by atoms with Crippen molar-refractivity contribution in [2.45, 2.75) is 13.3 Å². The van der Waals surface area contributed by atoms with E-state index in [9.17, 15) is 4.79 Å². The first-order valence-corrected chi connectivity index (χ1v) is 6.05. The zero-order valence-electron chi connectivity index (χ0n) is 10.7. The van der Waals surface area contributed by atoms with Crippen molar-refractivity contribution < 1.29 is 5.11 Å². The minimum absolute atomic E-state index is 0.0329. The number of nitrogens with zero attached hydrogens (tertiary/aromatic N) is 2. The first-order valence-electron chi connectivity index (χ1n) is 6.05. The predicted octanol–water partition coefficient (Wildman–Crippen LogP) is 0.468. The molecule has 0 radical (unpaired) electrons. The van der Waals surface area contributed by atoms with Crippen molar-refractivity contribution in [2.75, 3.05) is 18.5 Å². The number of H-pyrrole nitrogens is 1. The fourth-order valence-electron chi connectivity index (χ4n) is 1.63. The van der Waals surface area contributed by atoms with Crippen molar-refractivity contribution in [1.29, 1.82) is 0 Å². The Kier molecular flexibility index (Phi) is 4.25. The number of rotatable bonds is 5. The van der Waals surface area contributed by atoms with E-state index < -0.39 is 0 Å². The first kappa shape index (κ1) is 13.2. The molecule has 1 aromatic heterocycles. The lowest BCUT2D eigenvalue weighted by molar-refractivity contribution is 0.310. The topological polar surface area (TPSA) is 90.9 Å². The van der Waals surface area contributed by atoms with Gasteiger partial charge in [0.15, 0.2) is 0 Å². The van der Waals surface area contributed by atoms with Crippen LogP contribution in [0.2, 0.25) is 0 Å². The van der Waals surface area contributed by atoms with E-state index >= 15 is 0 Å². The van der Waals surface area contributed by atoms with E-state index in [0.29, 0.717) is 18.7 Å². The standard InChI is InChI=1S/C13H16N4O2/c1-9-2-4-10(5-3-9)8-11-12(19)15-13(17-16-11)14-6-7-18/h2-5,18H,6-8H2,1H3,(H2,14,15,17,19). The second-order valence-electron chi connectivity index (χ2n) is 4.26. The Morgan fingerprint density at radius 1 is 1.26 bits per heavy atom. The SMILES string of the molecule is Cc1ccc(Cc2nnc(NCCO)[nH]c2=O)cc1. The summed E-state index contributed by atoms with van der Waals surface area (Å²) in [7, 11) is 0. The highest BCUT2D eigenvalue weighted by atomic mass is 16.3. The summed E-state index contributed by atoms with van der Waals surface area (Å²) in [5.74, 6) is 0.270. The van der Waals surface area contributed by atoms with Gasteiger partial charge >= 0.3 is 0 Å². The van der Waals surface area contributed by atoms with Crippen molar-refractivity contribution in [3.05, 3.63) is 51.4 Å². The average Bonchev–Trinajstić information content (AvgIpc) is 2.41. The highest BCUT2D eigenvalue weighted by Gasteiger charge is 2.05. The van der Waals surface area contributed by atoms with Gasteiger partial charge in [0.2, 0.25) is 5.95 Å². The second-order valence-corrected chi connectivity index (χ2v) is 4.26. The van der Waals surface area contributed by atoms with Gasteiger partial charge in [-0.05, 0) is 12.5 Å². The Balaban J connectivity index is 2.13. The van der Waals surface area contributed by atoms with Crippen LogP contribution in [0.5, 0.6) is 0 Å². The van der Waals surface area contributed by atoms with Crippen LogP contribution in [0.25, 0.3) is 0 Å². The molecule has 19 heavy (non-hydrogen) atoms. The Hall–Kier alpha value is -2.21. The molecular weight excluding hydrogens is 244 g/mol. The molecule has 0 unspecified atom stereocenters. The third kappa shape index (κ3) is 3.62. The van der Waals surface area contributed by atoms with E-state index in [1.807, 2.05) is 31.2 Å². The van der Waals surface area contributed by atoms with Gasteiger partial charge in [0.1, 0.15) is 5.69 Å². The smallest absolute Gasteiger partial charge is 0.274 e. The molecule has 0 atom stereocenters. The molecule has 0 saturated carbocycles. The number of aromatic amines is 1. The van der Waals surface area contributed by atoms with E-state index in [1.54, 1.807) is 0 Å². The molecule has 0 saturated heterocycles. The molecule has 3 N–H and O–H groups in total. The summed E-state index contributed by atoms with van der Waals surface area (Å²) in [6.07, 6.45) is 0.447. The van der Waals surface area contributed by atoms with Gasteiger partial charge in [0.05, 0.1) is 6.61 Å². The Morgan fingerprint density at radius 3 is 2.63 bits per heavy atom. The summed E-state index contributed by atoms with van der Waals surface area (Å²) < 4.78 is 0. The number of aliphatic hydroxyl groups is 1. The fourth-order valence-corrected chi connectivity index (χ4v) is 1.63. The van der Waals surface area contributed by atoms with E-state index in [-0.39, 0.29) is 18.1 Å². The highest BCUT2D eigenvalue weighted by Crippen LogP contribution is 2.06. The third-order valence-corrected chi connectivity index (χ3v) is 2.66. The van der Waals surface area contributed by atoms with Crippen molar-refractivity contribution >= 4 is 5.95 Å². The molecule has 0 fully saturated rings.